The van der Waals surface area contributed by atoms with Gasteiger partial charge in [0, 0.05) is 19.0 Å². The van der Waals surface area contributed by atoms with Crippen molar-refractivity contribution in [3.05, 3.63) is 29.8 Å². The Labute approximate surface area is 114 Å². The Morgan fingerprint density at radius 1 is 1.47 bits per heavy atom. The monoisotopic (exact) mass is 262 g/mol. The first kappa shape index (κ1) is 13.9. The molecule has 1 aliphatic carbocycles. The van der Waals surface area contributed by atoms with E-state index in [1.807, 2.05) is 24.1 Å². The van der Waals surface area contributed by atoms with E-state index in [-0.39, 0.29) is 11.7 Å². The van der Waals surface area contributed by atoms with Gasteiger partial charge in [0.1, 0.15) is 5.75 Å². The standard InChI is InChI=1S/C15H22N2O2/c1-16-9-3-6-15(19)17(13-7-8-13)11-12-4-2-5-14(18)10-12/h2,4-5,10,13,16,18H,3,6-9,11H2,1H3. The van der Waals surface area contributed by atoms with E-state index in [4.69, 9.17) is 0 Å². The van der Waals surface area contributed by atoms with Gasteiger partial charge in [0.25, 0.3) is 0 Å². The molecule has 1 amide bonds. The molecule has 1 saturated carbocycles. The van der Waals surface area contributed by atoms with E-state index in [1.165, 1.54) is 0 Å². The third-order valence-electron chi connectivity index (χ3n) is 3.39. The van der Waals surface area contributed by atoms with E-state index >= 15 is 0 Å². The van der Waals surface area contributed by atoms with Gasteiger partial charge >= 0.3 is 0 Å². The van der Waals surface area contributed by atoms with E-state index in [0.717, 1.165) is 31.4 Å². The van der Waals surface area contributed by atoms with Crippen LogP contribution in [0.1, 0.15) is 31.2 Å². The van der Waals surface area contributed by atoms with Crippen LogP contribution in [-0.2, 0) is 11.3 Å². The van der Waals surface area contributed by atoms with Crippen molar-refractivity contribution in [1.82, 2.24) is 10.2 Å². The molecule has 0 radical (unpaired) electrons. The van der Waals surface area contributed by atoms with Gasteiger partial charge in [-0.25, -0.2) is 0 Å². The Bertz CT molecular complexity index is 430. The normalized spacial score (nSPS) is 14.4. The van der Waals surface area contributed by atoms with Crippen LogP contribution in [0.15, 0.2) is 24.3 Å². The summed E-state index contributed by atoms with van der Waals surface area (Å²) in [6, 6.07) is 7.57. The van der Waals surface area contributed by atoms with Crippen LogP contribution < -0.4 is 5.32 Å². The van der Waals surface area contributed by atoms with E-state index in [9.17, 15) is 9.90 Å². The SMILES string of the molecule is CNCCCC(=O)N(Cc1cccc(O)c1)C1CC1. The van der Waals surface area contributed by atoms with E-state index in [2.05, 4.69) is 5.32 Å². The number of carbonyl (C=O) groups is 1. The van der Waals surface area contributed by atoms with Gasteiger partial charge in [-0.1, -0.05) is 12.1 Å². The molecule has 0 aliphatic heterocycles. The van der Waals surface area contributed by atoms with Crippen molar-refractivity contribution in [2.75, 3.05) is 13.6 Å². The molecule has 1 aromatic rings. The smallest absolute Gasteiger partial charge is 0.223 e. The zero-order valence-electron chi connectivity index (χ0n) is 11.4. The highest BCUT2D eigenvalue weighted by molar-refractivity contribution is 5.76. The number of rotatable bonds is 7. The van der Waals surface area contributed by atoms with Crippen molar-refractivity contribution >= 4 is 5.91 Å². The molecule has 1 aromatic carbocycles. The molecule has 19 heavy (non-hydrogen) atoms. The highest BCUT2D eigenvalue weighted by atomic mass is 16.3. The average Bonchev–Trinajstić information content (AvgIpc) is 3.20. The van der Waals surface area contributed by atoms with Gasteiger partial charge < -0.3 is 15.3 Å². The first-order chi connectivity index (χ1) is 9.20. The molecule has 0 bridgehead atoms. The fraction of sp³-hybridized carbons (Fsp3) is 0.533. The minimum Gasteiger partial charge on any atom is -0.508 e. The zero-order chi connectivity index (χ0) is 13.7. The van der Waals surface area contributed by atoms with Gasteiger partial charge in [0.05, 0.1) is 0 Å². The van der Waals surface area contributed by atoms with Crippen molar-refractivity contribution in [3.63, 3.8) is 0 Å². The lowest BCUT2D eigenvalue weighted by Gasteiger charge is -2.22. The van der Waals surface area contributed by atoms with Crippen molar-refractivity contribution < 1.29 is 9.90 Å². The topological polar surface area (TPSA) is 52.6 Å². The Hall–Kier alpha value is -1.55. The zero-order valence-corrected chi connectivity index (χ0v) is 11.4. The van der Waals surface area contributed by atoms with Crippen LogP contribution in [0.5, 0.6) is 5.75 Å². The minimum absolute atomic E-state index is 0.223. The summed E-state index contributed by atoms with van der Waals surface area (Å²) in [5.74, 6) is 0.483. The predicted molar refractivity (Wildman–Crippen MR) is 74.8 cm³/mol. The summed E-state index contributed by atoms with van der Waals surface area (Å²) in [6.45, 7) is 1.48. The van der Waals surface area contributed by atoms with Crippen LogP contribution in [0.4, 0.5) is 0 Å². The molecule has 0 unspecified atom stereocenters. The predicted octanol–water partition coefficient (Wildman–Crippen LogP) is 1.88. The average molecular weight is 262 g/mol. The quantitative estimate of drug-likeness (QED) is 0.738. The lowest BCUT2D eigenvalue weighted by molar-refractivity contribution is -0.132. The molecule has 1 fully saturated rings. The summed E-state index contributed by atoms with van der Waals surface area (Å²) in [6.07, 6.45) is 3.68. The first-order valence-corrected chi connectivity index (χ1v) is 6.92. The van der Waals surface area contributed by atoms with Gasteiger partial charge in [0.15, 0.2) is 0 Å². The fourth-order valence-corrected chi connectivity index (χ4v) is 2.22. The number of phenolic OH excluding ortho intramolecular Hbond substituents is 1. The summed E-state index contributed by atoms with van der Waals surface area (Å²) >= 11 is 0. The van der Waals surface area contributed by atoms with Crippen LogP contribution in [-0.4, -0.2) is 35.5 Å². The van der Waals surface area contributed by atoms with Crippen LogP contribution in [0.25, 0.3) is 0 Å². The summed E-state index contributed by atoms with van der Waals surface area (Å²) < 4.78 is 0. The molecular weight excluding hydrogens is 240 g/mol. The van der Waals surface area contributed by atoms with Crippen LogP contribution in [0.3, 0.4) is 0 Å². The van der Waals surface area contributed by atoms with Gasteiger partial charge in [-0.3, -0.25) is 4.79 Å². The van der Waals surface area contributed by atoms with E-state index in [1.54, 1.807) is 12.1 Å². The molecule has 2 N–H and O–H groups in total. The maximum Gasteiger partial charge on any atom is 0.223 e. The number of nitrogens with zero attached hydrogens (tertiary/aromatic N) is 1. The Kier molecular flexibility index (Phi) is 4.80. The Morgan fingerprint density at radius 2 is 2.26 bits per heavy atom. The summed E-state index contributed by atoms with van der Waals surface area (Å²) in [5, 5.41) is 12.5. The molecule has 4 nitrogen and oxygen atoms in total. The third kappa shape index (κ3) is 4.24. The minimum atomic E-state index is 0.223. The first-order valence-electron chi connectivity index (χ1n) is 6.92. The second-order valence-electron chi connectivity index (χ2n) is 5.13. The molecule has 0 atom stereocenters. The van der Waals surface area contributed by atoms with E-state index in [0.29, 0.717) is 19.0 Å². The third-order valence-corrected chi connectivity index (χ3v) is 3.39. The van der Waals surface area contributed by atoms with Crippen LogP contribution >= 0.6 is 0 Å². The number of amides is 1. The molecule has 0 spiro atoms. The van der Waals surface area contributed by atoms with Gasteiger partial charge in [-0.05, 0) is 50.6 Å². The largest absolute Gasteiger partial charge is 0.508 e. The van der Waals surface area contributed by atoms with Crippen molar-refractivity contribution in [2.24, 2.45) is 0 Å². The number of phenols is 1. The van der Waals surface area contributed by atoms with E-state index < -0.39 is 0 Å². The molecule has 1 aliphatic rings. The van der Waals surface area contributed by atoms with Crippen LogP contribution in [0.2, 0.25) is 0 Å². The summed E-state index contributed by atoms with van der Waals surface area (Å²) in [7, 11) is 1.90. The lowest BCUT2D eigenvalue weighted by Crippen LogP contribution is -2.32. The molecular formula is C15H22N2O2. The van der Waals surface area contributed by atoms with Crippen LogP contribution in [0, 0.1) is 0 Å². The van der Waals surface area contributed by atoms with Crippen molar-refractivity contribution in [1.29, 1.82) is 0 Å². The molecule has 104 valence electrons. The van der Waals surface area contributed by atoms with Gasteiger partial charge in [-0.2, -0.15) is 0 Å². The second-order valence-corrected chi connectivity index (χ2v) is 5.13. The fourth-order valence-electron chi connectivity index (χ4n) is 2.22. The Morgan fingerprint density at radius 3 is 2.89 bits per heavy atom. The van der Waals surface area contributed by atoms with Gasteiger partial charge in [0.2, 0.25) is 5.91 Å². The molecule has 0 aromatic heterocycles. The Balaban J connectivity index is 1.94. The molecule has 2 rings (SSSR count). The summed E-state index contributed by atoms with van der Waals surface area (Å²) in [4.78, 5) is 14.2. The summed E-state index contributed by atoms with van der Waals surface area (Å²) in [5.41, 5.74) is 0.994. The maximum absolute atomic E-state index is 12.2. The number of hydrogen-bond acceptors (Lipinski definition) is 3. The van der Waals surface area contributed by atoms with Gasteiger partial charge in [-0.15, -0.1) is 0 Å². The second kappa shape index (κ2) is 6.57. The molecule has 4 heteroatoms. The number of hydrogen-bond donors (Lipinski definition) is 2. The number of aromatic hydroxyl groups is 1. The lowest BCUT2D eigenvalue weighted by atomic mass is 10.2. The van der Waals surface area contributed by atoms with Crippen molar-refractivity contribution in [3.8, 4) is 5.75 Å². The number of benzene rings is 1. The number of nitrogens with one attached hydrogen (secondary N) is 1. The highest BCUT2D eigenvalue weighted by Crippen LogP contribution is 2.29. The highest BCUT2D eigenvalue weighted by Gasteiger charge is 2.32. The molecule has 0 heterocycles. The maximum atomic E-state index is 12.2. The number of carbonyl (C=O) groups excluding carboxylic acids is 1. The van der Waals surface area contributed by atoms with Crippen molar-refractivity contribution in [2.45, 2.75) is 38.3 Å². The molecule has 0 saturated heterocycles.